The first-order chi connectivity index (χ1) is 12.9. The van der Waals surface area contributed by atoms with Gasteiger partial charge in [-0.1, -0.05) is 142 Å². The zero-order valence-corrected chi connectivity index (χ0v) is 15.5. The van der Waals surface area contributed by atoms with Crippen LogP contribution in [0.3, 0.4) is 0 Å². The van der Waals surface area contributed by atoms with Crippen LogP contribution in [0.4, 0.5) is 0 Å². The fourth-order valence-electron chi connectivity index (χ4n) is 3.38. The lowest BCUT2D eigenvalue weighted by Gasteiger charge is -2.19. The van der Waals surface area contributed by atoms with Crippen molar-refractivity contribution in [3.8, 4) is 0 Å². The van der Waals surface area contributed by atoms with Gasteiger partial charge in [0.15, 0.2) is 0 Å². The maximum absolute atomic E-state index is 2.29. The molecule has 0 aliphatic heterocycles. The topological polar surface area (TPSA) is 0 Å². The van der Waals surface area contributed by atoms with E-state index in [1.807, 2.05) is 0 Å². The van der Waals surface area contributed by atoms with Gasteiger partial charge < -0.3 is 0 Å². The van der Waals surface area contributed by atoms with Gasteiger partial charge in [0.25, 0.3) is 0 Å². The Hall–Kier alpha value is -2.84. The largest absolute Gasteiger partial charge is 0.241 e. The third-order valence-electron chi connectivity index (χ3n) is 4.59. The summed E-state index contributed by atoms with van der Waals surface area (Å²) in [5.74, 6) is 0. The second-order valence-electron chi connectivity index (χ2n) is 6.33. The van der Waals surface area contributed by atoms with Crippen LogP contribution in [0.2, 0.25) is 0 Å². The molecule has 4 rings (SSSR count). The molecular weight excluding hydrogens is 327 g/mol. The highest BCUT2D eigenvalue weighted by atomic mass is 28.2. The number of benzene rings is 4. The Morgan fingerprint density at radius 3 is 1.50 bits per heavy atom. The van der Waals surface area contributed by atoms with E-state index in [1.54, 1.807) is 0 Å². The molecule has 0 heterocycles. The van der Waals surface area contributed by atoms with E-state index < -0.39 is 0 Å². The average Bonchev–Trinajstić information content (AvgIpc) is 2.72. The van der Waals surface area contributed by atoms with Crippen molar-refractivity contribution < 1.29 is 0 Å². The fraction of sp³-hybridized carbons (Fsp3) is 0. The van der Waals surface area contributed by atoms with E-state index in [1.165, 1.54) is 26.8 Å². The summed E-state index contributed by atoms with van der Waals surface area (Å²) >= 11 is 0. The van der Waals surface area contributed by atoms with E-state index in [-0.39, 0.29) is 6.71 Å². The lowest BCUT2D eigenvalue weighted by molar-refractivity contribution is 1.72. The second kappa shape index (κ2) is 8.03. The monoisotopic (exact) mass is 346 g/mol. The molecule has 4 aromatic rings. The SMILES string of the molecule is c1ccc([Si]c2ccccc2B(c2ccccc2)c2ccccc2)cc1. The molecule has 0 saturated carbocycles. The second-order valence-corrected chi connectivity index (χ2v) is 7.70. The highest BCUT2D eigenvalue weighted by molar-refractivity contribution is 6.98. The third-order valence-corrected chi connectivity index (χ3v) is 5.94. The minimum atomic E-state index is 0.254. The summed E-state index contributed by atoms with van der Waals surface area (Å²) in [5, 5.41) is 2.79. The molecule has 0 amide bonds. The van der Waals surface area contributed by atoms with Crippen LogP contribution in [0.1, 0.15) is 0 Å². The van der Waals surface area contributed by atoms with Gasteiger partial charge in [-0.25, -0.2) is 0 Å². The fourth-order valence-corrected chi connectivity index (χ4v) is 4.60. The molecule has 0 aliphatic carbocycles. The zero-order chi connectivity index (χ0) is 17.6. The molecule has 0 nitrogen and oxygen atoms in total. The zero-order valence-electron chi connectivity index (χ0n) is 14.5. The highest BCUT2D eigenvalue weighted by Crippen LogP contribution is 1.95. The normalized spacial score (nSPS) is 10.5. The summed E-state index contributed by atoms with van der Waals surface area (Å²) in [4.78, 5) is 0. The number of rotatable bonds is 5. The summed E-state index contributed by atoms with van der Waals surface area (Å²) in [6, 6.07) is 41.3. The molecule has 2 heteroatoms. The predicted octanol–water partition coefficient (Wildman–Crippen LogP) is 1.86. The van der Waals surface area contributed by atoms with Crippen molar-refractivity contribution in [3.05, 3.63) is 115 Å². The lowest BCUT2D eigenvalue weighted by atomic mass is 9.37. The molecule has 2 radical (unpaired) electrons. The van der Waals surface area contributed by atoms with Crippen LogP contribution < -0.4 is 26.8 Å². The van der Waals surface area contributed by atoms with Crippen LogP contribution in [0, 0.1) is 0 Å². The summed E-state index contributed by atoms with van der Waals surface area (Å²) in [5.41, 5.74) is 4.07. The summed E-state index contributed by atoms with van der Waals surface area (Å²) in [6.45, 7) is 0.254. The van der Waals surface area contributed by atoms with Gasteiger partial charge in [-0.15, -0.1) is 0 Å². The Bertz CT molecular complexity index is 913. The molecule has 0 spiro atoms. The minimum Gasteiger partial charge on any atom is -0.0695 e. The van der Waals surface area contributed by atoms with Gasteiger partial charge in [0.1, 0.15) is 9.52 Å². The first kappa shape index (κ1) is 16.6. The van der Waals surface area contributed by atoms with Gasteiger partial charge in [-0.3, -0.25) is 0 Å². The Morgan fingerprint density at radius 2 is 0.923 bits per heavy atom. The molecular formula is C24H19BSi. The van der Waals surface area contributed by atoms with Gasteiger partial charge in [0, 0.05) is 0 Å². The van der Waals surface area contributed by atoms with Crippen LogP contribution in [0.5, 0.6) is 0 Å². The standard InChI is InChI=1S/C24H19BSi/c1-4-12-20(13-5-1)25(21-14-6-2-7-15-21)23-18-10-11-19-24(23)26-22-16-8-3-9-17-22/h1-19H. The maximum atomic E-state index is 2.29. The predicted molar refractivity (Wildman–Crippen MR) is 115 cm³/mol. The third kappa shape index (κ3) is 3.71. The number of hydrogen-bond donors (Lipinski definition) is 0. The summed E-state index contributed by atoms with van der Waals surface area (Å²) in [7, 11) is 0.658. The van der Waals surface area contributed by atoms with Crippen molar-refractivity contribution in [1.82, 2.24) is 0 Å². The molecule has 0 aliphatic rings. The van der Waals surface area contributed by atoms with Crippen LogP contribution in [0.15, 0.2) is 115 Å². The van der Waals surface area contributed by atoms with Gasteiger partial charge in [-0.2, -0.15) is 0 Å². The maximum Gasteiger partial charge on any atom is 0.241 e. The average molecular weight is 346 g/mol. The van der Waals surface area contributed by atoms with Crippen molar-refractivity contribution >= 4 is 43.0 Å². The molecule has 122 valence electrons. The van der Waals surface area contributed by atoms with Crippen molar-refractivity contribution in [2.45, 2.75) is 0 Å². The molecule has 0 aromatic heterocycles. The quantitative estimate of drug-likeness (QED) is 0.484. The molecule has 4 aromatic carbocycles. The van der Waals surface area contributed by atoms with Gasteiger partial charge in [0.2, 0.25) is 6.71 Å². The van der Waals surface area contributed by atoms with Crippen molar-refractivity contribution in [1.29, 1.82) is 0 Å². The first-order valence-electron chi connectivity index (χ1n) is 8.93. The highest BCUT2D eigenvalue weighted by Gasteiger charge is 2.23. The smallest absolute Gasteiger partial charge is 0.0695 e. The van der Waals surface area contributed by atoms with E-state index >= 15 is 0 Å². The van der Waals surface area contributed by atoms with Gasteiger partial charge in [0.05, 0.1) is 0 Å². The Morgan fingerprint density at radius 1 is 0.462 bits per heavy atom. The Balaban J connectivity index is 1.82. The summed E-state index contributed by atoms with van der Waals surface area (Å²) < 4.78 is 0. The van der Waals surface area contributed by atoms with E-state index in [9.17, 15) is 0 Å². The molecule has 26 heavy (non-hydrogen) atoms. The Labute approximate surface area is 158 Å². The molecule has 0 unspecified atom stereocenters. The van der Waals surface area contributed by atoms with E-state index in [4.69, 9.17) is 0 Å². The van der Waals surface area contributed by atoms with Gasteiger partial charge in [-0.05, 0) is 0 Å². The molecule has 0 saturated heterocycles. The van der Waals surface area contributed by atoms with Crippen molar-refractivity contribution in [2.24, 2.45) is 0 Å². The molecule has 0 atom stereocenters. The first-order valence-corrected chi connectivity index (χ1v) is 9.93. The van der Waals surface area contributed by atoms with Crippen LogP contribution in [-0.4, -0.2) is 16.2 Å². The molecule has 0 bridgehead atoms. The van der Waals surface area contributed by atoms with E-state index in [0.29, 0.717) is 9.52 Å². The number of hydrogen-bond acceptors (Lipinski definition) is 0. The Kier molecular flexibility index (Phi) is 5.13. The van der Waals surface area contributed by atoms with Crippen LogP contribution in [-0.2, 0) is 0 Å². The van der Waals surface area contributed by atoms with Crippen molar-refractivity contribution in [3.63, 3.8) is 0 Å². The summed E-state index contributed by atoms with van der Waals surface area (Å²) in [6.07, 6.45) is 0. The molecule has 0 N–H and O–H groups in total. The van der Waals surface area contributed by atoms with Crippen molar-refractivity contribution in [2.75, 3.05) is 0 Å². The van der Waals surface area contributed by atoms with E-state index in [0.717, 1.165) is 0 Å². The lowest BCUT2D eigenvalue weighted by Crippen LogP contribution is -2.58. The van der Waals surface area contributed by atoms with Crippen LogP contribution in [0.25, 0.3) is 0 Å². The van der Waals surface area contributed by atoms with Crippen LogP contribution >= 0.6 is 0 Å². The van der Waals surface area contributed by atoms with E-state index in [2.05, 4.69) is 115 Å². The minimum absolute atomic E-state index is 0.254. The van der Waals surface area contributed by atoms with Gasteiger partial charge >= 0.3 is 0 Å². The molecule has 0 fully saturated rings.